The highest BCUT2D eigenvalue weighted by atomic mass is 35.5. The van der Waals surface area contributed by atoms with Crippen molar-refractivity contribution in [2.45, 2.75) is 24.8 Å². The smallest absolute Gasteiger partial charge is 0.196 e. The van der Waals surface area contributed by atoms with Crippen LogP contribution in [-0.2, 0) is 11.3 Å². The van der Waals surface area contributed by atoms with Gasteiger partial charge in [-0.1, -0.05) is 59.3 Å². The second kappa shape index (κ2) is 10.7. The zero-order valence-electron chi connectivity index (χ0n) is 17.6. The molecule has 2 aromatic carbocycles. The highest BCUT2D eigenvalue weighted by molar-refractivity contribution is 7.99. The van der Waals surface area contributed by atoms with Gasteiger partial charge in [0.15, 0.2) is 11.0 Å². The number of hydrogen-bond donors (Lipinski definition) is 1. The SMILES string of the molecule is Cc1ccc(-n2c(SCC(O)COCc3ccccc3Cl)nnc2-c2ccncc2)cc1. The predicted molar refractivity (Wildman–Crippen MR) is 127 cm³/mol. The molecule has 164 valence electrons. The Balaban J connectivity index is 1.45. The summed E-state index contributed by atoms with van der Waals surface area (Å²) in [5, 5.41) is 20.6. The van der Waals surface area contributed by atoms with E-state index in [-0.39, 0.29) is 6.61 Å². The van der Waals surface area contributed by atoms with Crippen molar-refractivity contribution in [3.8, 4) is 17.1 Å². The molecule has 0 amide bonds. The Hall–Kier alpha value is -2.71. The van der Waals surface area contributed by atoms with Crippen LogP contribution in [0.15, 0.2) is 78.2 Å². The maximum absolute atomic E-state index is 10.4. The molecular formula is C24H23ClN4O2S. The standard InChI is InChI=1S/C24H23ClN4O2S/c1-17-6-8-20(9-7-17)29-23(18-10-12-26-13-11-18)27-28-24(29)32-16-21(30)15-31-14-19-4-2-3-5-22(19)25/h2-13,21,30H,14-16H2,1H3. The van der Waals surface area contributed by atoms with Crippen molar-refractivity contribution in [2.75, 3.05) is 12.4 Å². The van der Waals surface area contributed by atoms with Crippen LogP contribution in [0, 0.1) is 6.92 Å². The number of thioether (sulfide) groups is 1. The number of nitrogens with zero attached hydrogens (tertiary/aromatic N) is 4. The average Bonchev–Trinajstić information content (AvgIpc) is 3.24. The molecule has 0 bridgehead atoms. The van der Waals surface area contributed by atoms with E-state index in [1.54, 1.807) is 12.4 Å². The highest BCUT2D eigenvalue weighted by Gasteiger charge is 2.17. The lowest BCUT2D eigenvalue weighted by Crippen LogP contribution is -2.18. The fraction of sp³-hybridized carbons (Fsp3) is 0.208. The molecule has 32 heavy (non-hydrogen) atoms. The molecule has 1 atom stereocenters. The Labute approximate surface area is 196 Å². The molecule has 0 spiro atoms. The summed E-state index contributed by atoms with van der Waals surface area (Å²) >= 11 is 7.59. The van der Waals surface area contributed by atoms with Gasteiger partial charge < -0.3 is 9.84 Å². The molecule has 6 nitrogen and oxygen atoms in total. The molecule has 0 aliphatic carbocycles. The minimum atomic E-state index is -0.657. The normalized spacial score (nSPS) is 12.1. The van der Waals surface area contributed by atoms with Crippen LogP contribution in [0.4, 0.5) is 0 Å². The maximum Gasteiger partial charge on any atom is 0.196 e. The van der Waals surface area contributed by atoms with E-state index in [2.05, 4.69) is 27.3 Å². The molecule has 1 unspecified atom stereocenters. The van der Waals surface area contributed by atoms with Gasteiger partial charge in [-0.25, -0.2) is 0 Å². The van der Waals surface area contributed by atoms with Crippen molar-refractivity contribution in [3.63, 3.8) is 0 Å². The van der Waals surface area contributed by atoms with Crippen LogP contribution in [-0.4, -0.2) is 43.3 Å². The van der Waals surface area contributed by atoms with Gasteiger partial charge in [0.2, 0.25) is 0 Å². The quantitative estimate of drug-likeness (QED) is 0.351. The highest BCUT2D eigenvalue weighted by Crippen LogP contribution is 2.28. The van der Waals surface area contributed by atoms with Gasteiger partial charge in [0.25, 0.3) is 0 Å². The molecule has 4 aromatic rings. The van der Waals surface area contributed by atoms with E-state index in [0.717, 1.165) is 22.6 Å². The van der Waals surface area contributed by atoms with Crippen molar-refractivity contribution in [1.29, 1.82) is 0 Å². The molecule has 2 aromatic heterocycles. The molecule has 0 aliphatic rings. The Morgan fingerprint density at radius 1 is 1.03 bits per heavy atom. The molecule has 1 N–H and O–H groups in total. The van der Waals surface area contributed by atoms with Crippen molar-refractivity contribution in [2.24, 2.45) is 0 Å². The maximum atomic E-state index is 10.4. The minimum Gasteiger partial charge on any atom is -0.390 e. The number of aliphatic hydroxyl groups is 1. The number of benzene rings is 2. The van der Waals surface area contributed by atoms with Gasteiger partial charge in [0.1, 0.15) is 0 Å². The summed E-state index contributed by atoms with van der Waals surface area (Å²) in [6, 6.07) is 19.5. The monoisotopic (exact) mass is 466 g/mol. The summed E-state index contributed by atoms with van der Waals surface area (Å²) in [6.45, 7) is 2.61. The number of aryl methyl sites for hydroxylation is 1. The van der Waals surface area contributed by atoms with E-state index in [0.29, 0.717) is 22.5 Å². The first-order chi connectivity index (χ1) is 15.6. The van der Waals surface area contributed by atoms with Crippen molar-refractivity contribution < 1.29 is 9.84 Å². The fourth-order valence-corrected chi connectivity index (χ4v) is 4.16. The Morgan fingerprint density at radius 3 is 2.53 bits per heavy atom. The zero-order valence-corrected chi connectivity index (χ0v) is 19.1. The minimum absolute atomic E-state index is 0.202. The van der Waals surface area contributed by atoms with Crippen LogP contribution < -0.4 is 0 Å². The number of pyridine rings is 1. The van der Waals surface area contributed by atoms with E-state index in [1.165, 1.54) is 17.3 Å². The van der Waals surface area contributed by atoms with Crippen molar-refractivity contribution in [1.82, 2.24) is 19.7 Å². The first-order valence-electron chi connectivity index (χ1n) is 10.2. The van der Waals surface area contributed by atoms with E-state index in [4.69, 9.17) is 16.3 Å². The Kier molecular flexibility index (Phi) is 7.55. The second-order valence-electron chi connectivity index (χ2n) is 7.28. The molecular weight excluding hydrogens is 444 g/mol. The lowest BCUT2D eigenvalue weighted by atomic mass is 10.2. The van der Waals surface area contributed by atoms with Crippen LogP contribution in [0.5, 0.6) is 0 Å². The molecule has 4 rings (SSSR count). The van der Waals surface area contributed by atoms with Gasteiger partial charge in [0, 0.05) is 34.4 Å². The molecule has 8 heteroatoms. The topological polar surface area (TPSA) is 73.1 Å². The summed E-state index contributed by atoms with van der Waals surface area (Å²) in [6.07, 6.45) is 2.81. The summed E-state index contributed by atoms with van der Waals surface area (Å²) in [5.74, 6) is 1.14. The molecule has 0 saturated carbocycles. The largest absolute Gasteiger partial charge is 0.390 e. The summed E-state index contributed by atoms with van der Waals surface area (Å²) in [7, 11) is 0. The number of hydrogen-bond acceptors (Lipinski definition) is 6. The Bertz CT molecular complexity index is 1150. The summed E-state index contributed by atoms with van der Waals surface area (Å²) < 4.78 is 7.65. The number of ether oxygens (including phenoxy) is 1. The van der Waals surface area contributed by atoms with E-state index in [1.807, 2.05) is 60.0 Å². The van der Waals surface area contributed by atoms with Crippen LogP contribution in [0.3, 0.4) is 0 Å². The Morgan fingerprint density at radius 2 is 1.78 bits per heavy atom. The molecule has 0 saturated heterocycles. The van der Waals surface area contributed by atoms with Crippen LogP contribution in [0.25, 0.3) is 17.1 Å². The fourth-order valence-electron chi connectivity index (χ4n) is 3.12. The van der Waals surface area contributed by atoms with Crippen LogP contribution >= 0.6 is 23.4 Å². The lowest BCUT2D eigenvalue weighted by Gasteiger charge is -2.13. The van der Waals surface area contributed by atoms with Crippen molar-refractivity contribution >= 4 is 23.4 Å². The zero-order chi connectivity index (χ0) is 22.3. The molecule has 0 aliphatic heterocycles. The second-order valence-corrected chi connectivity index (χ2v) is 8.68. The lowest BCUT2D eigenvalue weighted by molar-refractivity contribution is 0.0398. The third-order valence-corrected chi connectivity index (χ3v) is 6.24. The predicted octanol–water partition coefficient (Wildman–Crippen LogP) is 4.96. The van der Waals surface area contributed by atoms with Gasteiger partial charge in [0.05, 0.1) is 19.3 Å². The van der Waals surface area contributed by atoms with Crippen LogP contribution in [0.1, 0.15) is 11.1 Å². The van der Waals surface area contributed by atoms with Crippen LogP contribution in [0.2, 0.25) is 5.02 Å². The number of rotatable bonds is 9. The first-order valence-corrected chi connectivity index (χ1v) is 11.5. The third kappa shape index (κ3) is 5.55. The third-order valence-electron chi connectivity index (χ3n) is 4.79. The molecule has 0 radical (unpaired) electrons. The van der Waals surface area contributed by atoms with Crippen molar-refractivity contribution in [3.05, 3.63) is 89.2 Å². The van der Waals surface area contributed by atoms with Gasteiger partial charge >= 0.3 is 0 Å². The van der Waals surface area contributed by atoms with E-state index in [9.17, 15) is 5.11 Å². The number of aromatic nitrogens is 4. The van der Waals surface area contributed by atoms with Gasteiger partial charge in [-0.2, -0.15) is 0 Å². The van der Waals surface area contributed by atoms with E-state index >= 15 is 0 Å². The van der Waals surface area contributed by atoms with Gasteiger partial charge in [-0.05, 0) is 42.8 Å². The van der Waals surface area contributed by atoms with Gasteiger partial charge in [-0.3, -0.25) is 9.55 Å². The first kappa shape index (κ1) is 22.5. The number of aliphatic hydroxyl groups excluding tert-OH is 1. The number of halogens is 1. The summed E-state index contributed by atoms with van der Waals surface area (Å²) in [5.41, 5.74) is 3.95. The van der Waals surface area contributed by atoms with Gasteiger partial charge in [-0.15, -0.1) is 10.2 Å². The molecule has 2 heterocycles. The van der Waals surface area contributed by atoms with E-state index < -0.39 is 6.10 Å². The average molecular weight is 467 g/mol. The summed E-state index contributed by atoms with van der Waals surface area (Å²) in [4.78, 5) is 4.09. The molecule has 0 fully saturated rings.